The van der Waals surface area contributed by atoms with Crippen LogP contribution in [0.15, 0.2) is 41.0 Å². The van der Waals surface area contributed by atoms with Gasteiger partial charge in [-0.15, -0.1) is 0 Å². The third kappa shape index (κ3) is 5.35. The maximum absolute atomic E-state index is 12.1. The SMILES string of the molecule is O=C(NCc1ccc(N2CCCCCC2)nc1)Nc1ccc(Br)cc1Cl. The maximum atomic E-state index is 12.1. The van der Waals surface area contributed by atoms with Crippen LogP contribution in [0.2, 0.25) is 5.02 Å². The molecule has 7 heteroatoms. The van der Waals surface area contributed by atoms with Crippen LogP contribution in [-0.4, -0.2) is 24.1 Å². The van der Waals surface area contributed by atoms with Crippen LogP contribution in [0.1, 0.15) is 31.2 Å². The van der Waals surface area contributed by atoms with E-state index in [1.165, 1.54) is 25.7 Å². The fourth-order valence-electron chi connectivity index (χ4n) is 2.95. The summed E-state index contributed by atoms with van der Waals surface area (Å²) in [5.74, 6) is 1.02. The minimum atomic E-state index is -0.300. The Balaban J connectivity index is 1.51. The number of pyridine rings is 1. The Bertz CT molecular complexity index is 746. The number of halogens is 2. The van der Waals surface area contributed by atoms with E-state index in [1.54, 1.807) is 12.1 Å². The lowest BCUT2D eigenvalue weighted by Gasteiger charge is -2.21. The second kappa shape index (κ2) is 9.24. The Morgan fingerprint density at radius 1 is 1.15 bits per heavy atom. The first kappa shape index (κ1) is 19.0. The molecule has 0 spiro atoms. The summed E-state index contributed by atoms with van der Waals surface area (Å²) in [5, 5.41) is 6.05. The molecule has 5 nitrogen and oxygen atoms in total. The number of anilines is 2. The predicted octanol–water partition coefficient (Wildman–Crippen LogP) is 5.20. The van der Waals surface area contributed by atoms with Gasteiger partial charge in [0.05, 0.1) is 10.7 Å². The summed E-state index contributed by atoms with van der Waals surface area (Å²) in [5.41, 5.74) is 1.53. The van der Waals surface area contributed by atoms with Crippen molar-refractivity contribution < 1.29 is 4.79 Å². The largest absolute Gasteiger partial charge is 0.357 e. The van der Waals surface area contributed by atoms with Crippen molar-refractivity contribution in [3.05, 3.63) is 51.6 Å². The van der Waals surface area contributed by atoms with Crippen molar-refractivity contribution in [3.8, 4) is 0 Å². The first-order valence-electron chi connectivity index (χ1n) is 8.81. The molecule has 0 aliphatic carbocycles. The average Bonchev–Trinajstić information content (AvgIpc) is 2.92. The first-order valence-corrected chi connectivity index (χ1v) is 9.99. The minimum absolute atomic E-state index is 0.300. The van der Waals surface area contributed by atoms with Gasteiger partial charge in [-0.2, -0.15) is 0 Å². The van der Waals surface area contributed by atoms with Gasteiger partial charge < -0.3 is 15.5 Å². The van der Waals surface area contributed by atoms with Gasteiger partial charge in [-0.3, -0.25) is 0 Å². The molecule has 0 radical (unpaired) electrons. The van der Waals surface area contributed by atoms with Gasteiger partial charge >= 0.3 is 6.03 Å². The molecule has 1 fully saturated rings. The van der Waals surface area contributed by atoms with E-state index < -0.39 is 0 Å². The van der Waals surface area contributed by atoms with Crippen molar-refractivity contribution in [2.24, 2.45) is 0 Å². The lowest BCUT2D eigenvalue weighted by Crippen LogP contribution is -2.28. The number of benzene rings is 1. The van der Waals surface area contributed by atoms with Crippen LogP contribution in [0.25, 0.3) is 0 Å². The molecule has 2 heterocycles. The van der Waals surface area contributed by atoms with Gasteiger partial charge in [0, 0.05) is 30.3 Å². The number of nitrogens with one attached hydrogen (secondary N) is 2. The van der Waals surface area contributed by atoms with Crippen LogP contribution in [0, 0.1) is 0 Å². The van der Waals surface area contributed by atoms with E-state index in [4.69, 9.17) is 11.6 Å². The lowest BCUT2D eigenvalue weighted by molar-refractivity contribution is 0.251. The number of rotatable bonds is 4. The Morgan fingerprint density at radius 2 is 1.92 bits per heavy atom. The zero-order valence-corrected chi connectivity index (χ0v) is 16.8. The van der Waals surface area contributed by atoms with Crippen LogP contribution < -0.4 is 15.5 Å². The fraction of sp³-hybridized carbons (Fsp3) is 0.368. The third-order valence-electron chi connectivity index (χ3n) is 4.37. The monoisotopic (exact) mass is 436 g/mol. The van der Waals surface area contributed by atoms with Crippen molar-refractivity contribution in [1.29, 1.82) is 0 Å². The molecule has 1 saturated heterocycles. The van der Waals surface area contributed by atoms with E-state index in [-0.39, 0.29) is 6.03 Å². The Kier molecular flexibility index (Phi) is 6.74. The number of nitrogens with zero attached hydrogens (tertiary/aromatic N) is 2. The van der Waals surface area contributed by atoms with E-state index in [9.17, 15) is 4.79 Å². The number of hydrogen-bond acceptors (Lipinski definition) is 3. The Morgan fingerprint density at radius 3 is 2.58 bits per heavy atom. The molecule has 1 aromatic carbocycles. The first-order chi connectivity index (χ1) is 12.6. The van der Waals surface area contributed by atoms with Crippen molar-refractivity contribution in [2.45, 2.75) is 32.2 Å². The van der Waals surface area contributed by atoms with Gasteiger partial charge in [0.15, 0.2) is 0 Å². The number of aromatic nitrogens is 1. The molecule has 0 unspecified atom stereocenters. The summed E-state index contributed by atoms with van der Waals surface area (Å²) in [6, 6.07) is 9.07. The van der Waals surface area contributed by atoms with Crippen molar-refractivity contribution in [2.75, 3.05) is 23.3 Å². The van der Waals surface area contributed by atoms with Gasteiger partial charge in [-0.1, -0.05) is 46.4 Å². The summed E-state index contributed by atoms with van der Waals surface area (Å²) >= 11 is 9.45. The second-order valence-electron chi connectivity index (χ2n) is 6.36. The second-order valence-corrected chi connectivity index (χ2v) is 7.68. The number of urea groups is 1. The fourth-order valence-corrected chi connectivity index (χ4v) is 3.67. The average molecular weight is 438 g/mol. The summed E-state index contributed by atoms with van der Waals surface area (Å²) in [6.07, 6.45) is 6.88. The van der Waals surface area contributed by atoms with Crippen molar-refractivity contribution in [3.63, 3.8) is 0 Å². The molecule has 1 aliphatic heterocycles. The van der Waals surface area contributed by atoms with Gasteiger partial charge in [-0.05, 0) is 42.7 Å². The molecule has 2 amide bonds. The van der Waals surface area contributed by atoms with Crippen molar-refractivity contribution in [1.82, 2.24) is 10.3 Å². The van der Waals surface area contributed by atoms with E-state index in [1.807, 2.05) is 24.4 Å². The molecule has 0 atom stereocenters. The van der Waals surface area contributed by atoms with Gasteiger partial charge in [0.2, 0.25) is 0 Å². The summed E-state index contributed by atoms with van der Waals surface area (Å²) in [4.78, 5) is 19.0. The van der Waals surface area contributed by atoms with Crippen LogP contribution in [0.4, 0.5) is 16.3 Å². The maximum Gasteiger partial charge on any atom is 0.319 e. The standard InChI is InChI=1S/C19H22BrClN4O/c20-15-6-7-17(16(21)11-15)24-19(26)23-13-14-5-8-18(22-12-14)25-9-3-1-2-4-10-25/h5-8,11-12H,1-4,9-10,13H2,(H2,23,24,26). The molecule has 0 bridgehead atoms. The third-order valence-corrected chi connectivity index (χ3v) is 5.18. The topological polar surface area (TPSA) is 57.3 Å². The molecule has 2 N–H and O–H groups in total. The summed E-state index contributed by atoms with van der Waals surface area (Å²) < 4.78 is 0.865. The highest BCUT2D eigenvalue weighted by atomic mass is 79.9. The molecule has 26 heavy (non-hydrogen) atoms. The number of amides is 2. The molecule has 3 rings (SSSR count). The zero-order chi connectivity index (χ0) is 18.4. The Hall–Kier alpha value is -1.79. The van der Waals surface area contributed by atoms with Gasteiger partial charge in [0.25, 0.3) is 0 Å². The van der Waals surface area contributed by atoms with E-state index in [0.29, 0.717) is 17.3 Å². The summed E-state index contributed by atoms with van der Waals surface area (Å²) in [7, 11) is 0. The number of carbonyl (C=O) groups is 1. The van der Waals surface area contributed by atoms with Crippen LogP contribution in [-0.2, 0) is 6.54 Å². The van der Waals surface area contributed by atoms with E-state index in [0.717, 1.165) is 28.9 Å². The summed E-state index contributed by atoms with van der Waals surface area (Å²) in [6.45, 7) is 2.55. The van der Waals surface area contributed by atoms with Gasteiger partial charge in [0.1, 0.15) is 5.82 Å². The molecule has 0 saturated carbocycles. The minimum Gasteiger partial charge on any atom is -0.357 e. The highest BCUT2D eigenvalue weighted by Crippen LogP contribution is 2.25. The van der Waals surface area contributed by atoms with Crippen LogP contribution >= 0.6 is 27.5 Å². The van der Waals surface area contributed by atoms with E-state index >= 15 is 0 Å². The van der Waals surface area contributed by atoms with Crippen LogP contribution in [0.3, 0.4) is 0 Å². The van der Waals surface area contributed by atoms with Gasteiger partial charge in [-0.25, -0.2) is 9.78 Å². The van der Waals surface area contributed by atoms with Crippen molar-refractivity contribution >= 4 is 45.1 Å². The number of carbonyl (C=O) groups excluding carboxylic acids is 1. The highest BCUT2D eigenvalue weighted by molar-refractivity contribution is 9.10. The van der Waals surface area contributed by atoms with Crippen LogP contribution in [0.5, 0.6) is 0 Å². The van der Waals surface area contributed by atoms with E-state index in [2.05, 4.69) is 36.4 Å². The highest BCUT2D eigenvalue weighted by Gasteiger charge is 2.11. The number of hydrogen-bond donors (Lipinski definition) is 2. The lowest BCUT2D eigenvalue weighted by atomic mass is 10.2. The molecular formula is C19H22BrClN4O. The normalized spacial score (nSPS) is 14.6. The molecule has 1 aliphatic rings. The molecule has 138 valence electrons. The quantitative estimate of drug-likeness (QED) is 0.691. The Labute approximate surface area is 167 Å². The smallest absolute Gasteiger partial charge is 0.319 e. The molecule has 1 aromatic heterocycles. The zero-order valence-electron chi connectivity index (χ0n) is 14.5. The predicted molar refractivity (Wildman–Crippen MR) is 110 cm³/mol. The molecular weight excluding hydrogens is 416 g/mol. The molecule has 2 aromatic rings.